The molecule has 1 aromatic carbocycles. The topological polar surface area (TPSA) is 115 Å². The molecule has 0 heterocycles. The maximum absolute atomic E-state index is 14.8. The molecule has 1 aromatic rings. The van der Waals surface area contributed by atoms with Crippen molar-refractivity contribution in [2.24, 2.45) is 0 Å². The van der Waals surface area contributed by atoms with Crippen LogP contribution in [0.1, 0.15) is 0 Å². The van der Waals surface area contributed by atoms with Gasteiger partial charge < -0.3 is 5.32 Å². The van der Waals surface area contributed by atoms with E-state index in [4.69, 9.17) is 0 Å². The van der Waals surface area contributed by atoms with Crippen LogP contribution in [0.15, 0.2) is 17.0 Å². The van der Waals surface area contributed by atoms with Crippen molar-refractivity contribution in [1.29, 1.82) is 0 Å². The van der Waals surface area contributed by atoms with Gasteiger partial charge in [0, 0.05) is 0 Å². The molecular formula is C14H6F11N3O5S. The summed E-state index contributed by atoms with van der Waals surface area (Å²) >= 11 is 0.374. The molecular weight excluding hydrogens is 531 g/mol. The molecule has 0 bridgehead atoms. The number of anilines is 1. The number of benzene rings is 1. The summed E-state index contributed by atoms with van der Waals surface area (Å²) in [6, 6.07) is 0.174. The van der Waals surface area contributed by atoms with Crippen LogP contribution in [0.2, 0.25) is 0 Å². The summed E-state index contributed by atoms with van der Waals surface area (Å²) in [6.07, 6.45) is 1.06. The largest absolute Gasteiger partial charge is 0.384 e. The Morgan fingerprint density at radius 2 is 1.15 bits per heavy atom. The number of thioether (sulfide) groups is 1. The van der Waals surface area contributed by atoms with E-state index >= 15 is 0 Å². The van der Waals surface area contributed by atoms with Gasteiger partial charge in [0.1, 0.15) is 5.69 Å². The van der Waals surface area contributed by atoms with Crippen molar-refractivity contribution < 1.29 is 62.9 Å². The molecule has 0 saturated heterocycles. The molecule has 0 unspecified atom stereocenters. The van der Waals surface area contributed by atoms with Gasteiger partial charge >= 0.3 is 35.3 Å². The number of hydrogen-bond donors (Lipinski definition) is 1. The van der Waals surface area contributed by atoms with E-state index in [0.717, 1.165) is 6.26 Å². The molecule has 2 rings (SSSR count). The molecule has 0 atom stereocenters. The lowest BCUT2D eigenvalue weighted by Crippen LogP contribution is -2.86. The molecule has 1 saturated carbocycles. The third-order valence-corrected chi connectivity index (χ3v) is 5.46. The zero-order valence-electron chi connectivity index (χ0n) is 15.7. The molecule has 1 N–H and O–H groups in total. The lowest BCUT2D eigenvalue weighted by atomic mass is 9.71. The molecule has 0 aliphatic heterocycles. The van der Waals surface area contributed by atoms with Crippen LogP contribution in [0.3, 0.4) is 0 Å². The van der Waals surface area contributed by atoms with Crippen molar-refractivity contribution in [1.82, 2.24) is 0 Å². The molecule has 0 spiro atoms. The quantitative estimate of drug-likeness (QED) is 0.243. The fraction of sp³-hybridized carbons (Fsp3) is 0.500. The van der Waals surface area contributed by atoms with E-state index in [2.05, 4.69) is 0 Å². The minimum atomic E-state index is -7.57. The van der Waals surface area contributed by atoms with Crippen LogP contribution < -0.4 is 5.32 Å². The Kier molecular flexibility index (Phi) is 6.05. The molecule has 1 amide bonds. The Labute approximate surface area is 182 Å². The van der Waals surface area contributed by atoms with Gasteiger partial charge in [0.15, 0.2) is 0 Å². The summed E-state index contributed by atoms with van der Waals surface area (Å²) in [6.45, 7) is 0. The smallest absolute Gasteiger partial charge is 0.317 e. The second-order valence-corrected chi connectivity index (χ2v) is 7.39. The van der Waals surface area contributed by atoms with Gasteiger partial charge in [-0.3, -0.25) is 25.0 Å². The Hall–Kier alpha value is -2.93. The minimum Gasteiger partial charge on any atom is -0.317 e. The lowest BCUT2D eigenvalue weighted by Gasteiger charge is -2.51. The number of rotatable bonds is 5. The Bertz CT molecular complexity index is 1050. The summed E-state index contributed by atoms with van der Waals surface area (Å²) in [4.78, 5) is 30.5. The second-order valence-electron chi connectivity index (χ2n) is 6.54. The van der Waals surface area contributed by atoms with Gasteiger partial charge in [-0.05, 0) is 12.3 Å². The van der Waals surface area contributed by atoms with E-state index in [-0.39, 0.29) is 12.1 Å². The van der Waals surface area contributed by atoms with E-state index in [1.54, 1.807) is 0 Å². The first-order valence-electron chi connectivity index (χ1n) is 7.98. The normalized spacial score (nSPS) is 23.1. The van der Waals surface area contributed by atoms with Gasteiger partial charge in [-0.15, -0.1) is 11.8 Å². The summed E-state index contributed by atoms with van der Waals surface area (Å²) < 4.78 is 151. The molecule has 190 valence electrons. The minimum absolute atomic E-state index is 0.0147. The Balaban J connectivity index is 2.79. The van der Waals surface area contributed by atoms with E-state index in [1.807, 2.05) is 0 Å². The van der Waals surface area contributed by atoms with Gasteiger partial charge in [0.2, 0.25) is 0 Å². The van der Waals surface area contributed by atoms with E-state index in [9.17, 15) is 73.3 Å². The van der Waals surface area contributed by atoms with Crippen LogP contribution in [0, 0.1) is 20.2 Å². The van der Waals surface area contributed by atoms with Crippen LogP contribution in [0.25, 0.3) is 0 Å². The monoisotopic (exact) mass is 537 g/mol. The highest BCUT2D eigenvalue weighted by Crippen LogP contribution is 2.69. The Morgan fingerprint density at radius 1 is 0.765 bits per heavy atom. The fourth-order valence-corrected chi connectivity index (χ4v) is 3.41. The number of nitrogens with zero attached hydrogens (tertiary/aromatic N) is 2. The highest BCUT2D eigenvalue weighted by Gasteiger charge is 3.02. The number of hydrogen-bond acceptors (Lipinski definition) is 6. The summed E-state index contributed by atoms with van der Waals surface area (Å²) in [5.74, 6) is -41.5. The van der Waals surface area contributed by atoms with Crippen LogP contribution in [0.5, 0.6) is 0 Å². The molecule has 20 heteroatoms. The standard InChI is InChI=1S/C14H6F11N3O5S/c1-34-7-2-4(5(27(30)31)3-6(7)28(32)33)26-8(29)9(15)10(16,17)12(20,21)14(24,25)13(22,23)11(9,18)19/h2-3H,1H3,(H,26,29). The maximum Gasteiger partial charge on any atom is 0.384 e. The number of carbonyl (C=O) groups excluding carboxylic acids is 1. The van der Waals surface area contributed by atoms with Crippen LogP contribution >= 0.6 is 11.8 Å². The first-order chi connectivity index (χ1) is 15.1. The van der Waals surface area contributed by atoms with Crippen molar-refractivity contribution in [3.8, 4) is 0 Å². The van der Waals surface area contributed by atoms with E-state index in [1.165, 1.54) is 0 Å². The van der Waals surface area contributed by atoms with Gasteiger partial charge in [0.25, 0.3) is 17.3 Å². The fourth-order valence-electron chi connectivity index (χ4n) is 2.83. The van der Waals surface area contributed by atoms with Crippen molar-refractivity contribution >= 4 is 34.7 Å². The highest BCUT2D eigenvalue weighted by molar-refractivity contribution is 7.98. The van der Waals surface area contributed by atoms with Gasteiger partial charge in [0.05, 0.1) is 20.8 Å². The molecule has 0 radical (unpaired) electrons. The average Bonchev–Trinajstić information content (AvgIpc) is 2.70. The van der Waals surface area contributed by atoms with Crippen LogP contribution in [-0.4, -0.2) is 57.3 Å². The number of halogens is 11. The molecule has 1 aliphatic carbocycles. The number of nitro groups is 2. The molecule has 34 heavy (non-hydrogen) atoms. The highest BCUT2D eigenvalue weighted by atomic mass is 32.2. The Morgan fingerprint density at radius 3 is 1.50 bits per heavy atom. The zero-order chi connectivity index (χ0) is 26.9. The zero-order valence-corrected chi connectivity index (χ0v) is 16.5. The predicted octanol–water partition coefficient (Wildman–Crippen LogP) is 5.06. The van der Waals surface area contributed by atoms with E-state index < -0.39 is 73.0 Å². The van der Waals surface area contributed by atoms with Crippen molar-refractivity contribution in [2.45, 2.75) is 40.2 Å². The number of carbonyl (C=O) groups is 1. The third kappa shape index (κ3) is 3.02. The average molecular weight is 537 g/mol. The summed E-state index contributed by atoms with van der Waals surface area (Å²) in [7, 11) is 0. The summed E-state index contributed by atoms with van der Waals surface area (Å²) in [5.41, 5.74) is -11.5. The molecule has 1 aliphatic rings. The van der Waals surface area contributed by atoms with Crippen LogP contribution in [0.4, 0.5) is 65.4 Å². The van der Waals surface area contributed by atoms with Gasteiger partial charge in [-0.1, -0.05) is 0 Å². The number of nitrogens with one attached hydrogen (secondary N) is 1. The maximum atomic E-state index is 14.8. The number of amides is 1. The molecule has 1 fully saturated rings. The van der Waals surface area contributed by atoms with Crippen LogP contribution in [-0.2, 0) is 4.79 Å². The van der Waals surface area contributed by atoms with Gasteiger partial charge in [-0.25, -0.2) is 4.39 Å². The predicted molar refractivity (Wildman–Crippen MR) is 88.7 cm³/mol. The molecule has 8 nitrogen and oxygen atoms in total. The van der Waals surface area contributed by atoms with Crippen molar-refractivity contribution in [3.05, 3.63) is 32.4 Å². The third-order valence-electron chi connectivity index (χ3n) is 4.69. The number of alkyl halides is 11. The second kappa shape index (κ2) is 7.54. The first kappa shape index (κ1) is 27.3. The SMILES string of the molecule is CSc1cc(NC(=O)C2(F)C(F)(F)C(F)(F)C(F)(F)C(F)(F)C2(F)F)c([N+](=O)[O-])cc1[N+](=O)[O-]. The number of nitro benzene ring substituents is 2. The van der Waals surface area contributed by atoms with E-state index in [0.29, 0.717) is 17.1 Å². The summed E-state index contributed by atoms with van der Waals surface area (Å²) in [5, 5.41) is 22.6. The van der Waals surface area contributed by atoms with Crippen molar-refractivity contribution in [3.63, 3.8) is 0 Å². The lowest BCUT2D eigenvalue weighted by molar-refractivity contribution is -0.475. The van der Waals surface area contributed by atoms with Crippen molar-refractivity contribution in [2.75, 3.05) is 11.6 Å². The van der Waals surface area contributed by atoms with Gasteiger partial charge in [-0.2, -0.15) is 43.9 Å². The molecule has 0 aromatic heterocycles. The first-order valence-corrected chi connectivity index (χ1v) is 9.20.